The van der Waals surface area contributed by atoms with Gasteiger partial charge in [0.1, 0.15) is 0 Å². The van der Waals surface area contributed by atoms with Gasteiger partial charge in [-0.3, -0.25) is 4.90 Å². The lowest BCUT2D eigenvalue weighted by Gasteiger charge is -2.33. The van der Waals surface area contributed by atoms with Crippen LogP contribution in [0.2, 0.25) is 5.02 Å². The fourth-order valence-electron chi connectivity index (χ4n) is 2.77. The summed E-state index contributed by atoms with van der Waals surface area (Å²) >= 11 is 5.89. The molecular formula is C15H19ClN4O. The van der Waals surface area contributed by atoms with E-state index in [4.69, 9.17) is 11.6 Å². The van der Waals surface area contributed by atoms with Crippen molar-refractivity contribution in [1.29, 1.82) is 0 Å². The topological polar surface area (TPSA) is 54.2 Å². The SMILES string of the molecule is OCC1CCCCN1Cc1cn(-c2ccc(Cl)cc2)nn1. The number of aromatic nitrogens is 3. The van der Waals surface area contributed by atoms with E-state index in [-0.39, 0.29) is 12.6 Å². The van der Waals surface area contributed by atoms with Gasteiger partial charge >= 0.3 is 0 Å². The zero-order valence-electron chi connectivity index (χ0n) is 11.8. The number of aliphatic hydroxyl groups excluding tert-OH is 1. The Hall–Kier alpha value is -1.43. The zero-order valence-corrected chi connectivity index (χ0v) is 12.6. The van der Waals surface area contributed by atoms with Crippen molar-refractivity contribution in [2.24, 2.45) is 0 Å². The van der Waals surface area contributed by atoms with Crippen LogP contribution in [0.3, 0.4) is 0 Å². The fraction of sp³-hybridized carbons (Fsp3) is 0.467. The van der Waals surface area contributed by atoms with E-state index in [1.807, 2.05) is 30.5 Å². The number of aliphatic hydroxyl groups is 1. The van der Waals surface area contributed by atoms with Crippen LogP contribution in [0, 0.1) is 0 Å². The molecule has 1 N–H and O–H groups in total. The molecule has 1 aromatic heterocycles. The highest BCUT2D eigenvalue weighted by atomic mass is 35.5. The first-order chi connectivity index (χ1) is 10.3. The van der Waals surface area contributed by atoms with Gasteiger partial charge in [-0.1, -0.05) is 23.2 Å². The average molecular weight is 307 g/mol. The third-order valence-corrected chi connectivity index (χ3v) is 4.21. The molecule has 0 bridgehead atoms. The molecule has 1 aliphatic heterocycles. The van der Waals surface area contributed by atoms with Gasteiger partial charge in [0.15, 0.2) is 0 Å². The van der Waals surface area contributed by atoms with Gasteiger partial charge in [-0.15, -0.1) is 5.10 Å². The molecule has 3 rings (SSSR count). The van der Waals surface area contributed by atoms with Gasteiger partial charge in [-0.25, -0.2) is 4.68 Å². The monoisotopic (exact) mass is 306 g/mol. The third kappa shape index (κ3) is 3.43. The summed E-state index contributed by atoms with van der Waals surface area (Å²) < 4.78 is 1.75. The minimum atomic E-state index is 0.214. The summed E-state index contributed by atoms with van der Waals surface area (Å²) in [6.45, 7) is 1.96. The van der Waals surface area contributed by atoms with Crippen molar-refractivity contribution in [1.82, 2.24) is 19.9 Å². The summed E-state index contributed by atoms with van der Waals surface area (Å²) in [5, 5.41) is 18.6. The Kier molecular flexibility index (Phi) is 4.53. The molecule has 0 amide bonds. The Labute approximate surface area is 129 Å². The van der Waals surface area contributed by atoms with Gasteiger partial charge < -0.3 is 5.11 Å². The van der Waals surface area contributed by atoms with Crippen LogP contribution in [0.1, 0.15) is 25.0 Å². The molecule has 1 fully saturated rings. The highest BCUT2D eigenvalue weighted by Gasteiger charge is 2.22. The first-order valence-corrected chi connectivity index (χ1v) is 7.66. The lowest BCUT2D eigenvalue weighted by atomic mass is 10.0. The van der Waals surface area contributed by atoms with Crippen molar-refractivity contribution in [3.05, 3.63) is 41.2 Å². The van der Waals surface area contributed by atoms with E-state index in [2.05, 4.69) is 15.2 Å². The molecule has 0 radical (unpaired) electrons. The average Bonchev–Trinajstić information content (AvgIpc) is 2.97. The number of likely N-dealkylation sites (tertiary alicyclic amines) is 1. The molecule has 5 nitrogen and oxygen atoms in total. The van der Waals surface area contributed by atoms with E-state index in [1.165, 1.54) is 12.8 Å². The number of benzene rings is 1. The van der Waals surface area contributed by atoms with Crippen LogP contribution in [-0.4, -0.2) is 44.2 Å². The van der Waals surface area contributed by atoms with Crippen molar-refractivity contribution in [2.75, 3.05) is 13.2 Å². The van der Waals surface area contributed by atoms with Crippen LogP contribution in [0.15, 0.2) is 30.5 Å². The molecule has 2 heterocycles. The normalized spacial score (nSPS) is 19.8. The fourth-order valence-corrected chi connectivity index (χ4v) is 2.90. The smallest absolute Gasteiger partial charge is 0.0971 e. The van der Waals surface area contributed by atoms with Crippen molar-refractivity contribution in [3.63, 3.8) is 0 Å². The summed E-state index contributed by atoms with van der Waals surface area (Å²) in [5.74, 6) is 0. The third-order valence-electron chi connectivity index (χ3n) is 3.96. The van der Waals surface area contributed by atoms with E-state index < -0.39 is 0 Å². The Balaban J connectivity index is 1.71. The maximum atomic E-state index is 9.45. The van der Waals surface area contributed by atoms with Crippen molar-refractivity contribution in [3.8, 4) is 5.69 Å². The Morgan fingerprint density at radius 1 is 1.24 bits per heavy atom. The van der Waals surface area contributed by atoms with Crippen LogP contribution in [0.4, 0.5) is 0 Å². The second-order valence-electron chi connectivity index (χ2n) is 5.43. The number of halogens is 1. The van der Waals surface area contributed by atoms with Crippen molar-refractivity contribution < 1.29 is 5.11 Å². The predicted molar refractivity (Wildman–Crippen MR) is 81.5 cm³/mol. The number of piperidine rings is 1. The molecule has 0 spiro atoms. The number of hydrogen-bond donors (Lipinski definition) is 1. The van der Waals surface area contributed by atoms with Gasteiger partial charge in [0.2, 0.25) is 0 Å². The van der Waals surface area contributed by atoms with Gasteiger partial charge in [0.25, 0.3) is 0 Å². The molecule has 0 saturated carbocycles. The molecule has 2 aromatic rings. The first kappa shape index (κ1) is 14.5. The van der Waals surface area contributed by atoms with Crippen LogP contribution in [0.5, 0.6) is 0 Å². The number of nitrogens with zero attached hydrogens (tertiary/aromatic N) is 4. The van der Waals surface area contributed by atoms with Gasteiger partial charge in [0.05, 0.1) is 24.2 Å². The van der Waals surface area contributed by atoms with E-state index in [0.29, 0.717) is 5.02 Å². The van der Waals surface area contributed by atoms with Crippen LogP contribution < -0.4 is 0 Å². The number of rotatable bonds is 4. The van der Waals surface area contributed by atoms with Crippen LogP contribution in [-0.2, 0) is 6.54 Å². The van der Waals surface area contributed by atoms with Crippen molar-refractivity contribution >= 4 is 11.6 Å². The van der Waals surface area contributed by atoms with Gasteiger partial charge in [-0.05, 0) is 43.7 Å². The molecule has 112 valence electrons. The molecule has 1 atom stereocenters. The summed E-state index contributed by atoms with van der Waals surface area (Å²) in [6.07, 6.45) is 5.37. The van der Waals surface area contributed by atoms with Gasteiger partial charge in [0, 0.05) is 17.6 Å². The highest BCUT2D eigenvalue weighted by molar-refractivity contribution is 6.30. The molecular weight excluding hydrogens is 288 g/mol. The lowest BCUT2D eigenvalue weighted by molar-refractivity contribution is 0.0830. The molecule has 21 heavy (non-hydrogen) atoms. The largest absolute Gasteiger partial charge is 0.395 e. The Bertz CT molecular complexity index is 584. The molecule has 1 unspecified atom stereocenters. The molecule has 1 saturated heterocycles. The zero-order chi connectivity index (χ0) is 14.7. The molecule has 1 aromatic carbocycles. The van der Waals surface area contributed by atoms with Crippen LogP contribution >= 0.6 is 11.6 Å². The molecule has 1 aliphatic rings. The summed E-state index contributed by atoms with van der Waals surface area (Å²) in [7, 11) is 0. The molecule has 6 heteroatoms. The quantitative estimate of drug-likeness (QED) is 0.941. The highest BCUT2D eigenvalue weighted by Crippen LogP contribution is 2.19. The van der Waals surface area contributed by atoms with Crippen LogP contribution in [0.25, 0.3) is 5.69 Å². The Morgan fingerprint density at radius 3 is 2.81 bits per heavy atom. The van der Waals surface area contributed by atoms with E-state index in [9.17, 15) is 5.11 Å². The van der Waals surface area contributed by atoms with E-state index >= 15 is 0 Å². The Morgan fingerprint density at radius 2 is 2.05 bits per heavy atom. The second kappa shape index (κ2) is 6.56. The van der Waals surface area contributed by atoms with Crippen molar-refractivity contribution in [2.45, 2.75) is 31.8 Å². The van der Waals surface area contributed by atoms with E-state index in [0.717, 1.165) is 30.9 Å². The summed E-state index contributed by atoms with van der Waals surface area (Å²) in [5.41, 5.74) is 1.86. The standard InChI is InChI=1S/C15H19ClN4O/c16-12-4-6-14(7-5-12)20-10-13(17-18-20)9-19-8-2-1-3-15(19)11-21/h4-7,10,15,21H,1-3,8-9,11H2. The minimum Gasteiger partial charge on any atom is -0.395 e. The summed E-state index contributed by atoms with van der Waals surface area (Å²) in [6, 6.07) is 7.76. The summed E-state index contributed by atoms with van der Waals surface area (Å²) in [4.78, 5) is 2.29. The molecule has 0 aliphatic carbocycles. The van der Waals surface area contributed by atoms with Gasteiger partial charge in [-0.2, -0.15) is 0 Å². The number of hydrogen-bond acceptors (Lipinski definition) is 4. The first-order valence-electron chi connectivity index (χ1n) is 7.28. The maximum Gasteiger partial charge on any atom is 0.0971 e. The maximum absolute atomic E-state index is 9.45. The van der Waals surface area contributed by atoms with E-state index in [1.54, 1.807) is 4.68 Å². The second-order valence-corrected chi connectivity index (χ2v) is 5.87. The lowest BCUT2D eigenvalue weighted by Crippen LogP contribution is -2.41. The predicted octanol–water partition coefficient (Wildman–Crippen LogP) is 2.27. The minimum absolute atomic E-state index is 0.214.